The largest absolute Gasteiger partial charge is 0.438 e. The van der Waals surface area contributed by atoms with Crippen molar-refractivity contribution in [1.82, 2.24) is 10.1 Å². The van der Waals surface area contributed by atoms with E-state index in [4.69, 9.17) is 11.6 Å². The highest BCUT2D eigenvalue weighted by molar-refractivity contribution is 6.16. The molecule has 0 unspecified atom stereocenters. The zero-order valence-electron chi connectivity index (χ0n) is 3.85. The summed E-state index contributed by atoms with van der Waals surface area (Å²) in [6.45, 7) is 0. The van der Waals surface area contributed by atoms with E-state index in [2.05, 4.69) is 14.7 Å². The van der Waals surface area contributed by atoms with Gasteiger partial charge >= 0.3 is 5.76 Å². The van der Waals surface area contributed by atoms with E-state index in [0.717, 1.165) is 0 Å². The molecular weight excluding hydrogens is 131 g/mol. The van der Waals surface area contributed by atoms with Crippen LogP contribution in [0.15, 0.2) is 9.32 Å². The summed E-state index contributed by atoms with van der Waals surface area (Å²) in [5, 5.41) is 3.26. The quantitative estimate of drug-likeness (QED) is 0.555. The van der Waals surface area contributed by atoms with Crippen molar-refractivity contribution in [3.8, 4) is 0 Å². The highest BCUT2D eigenvalue weighted by atomic mass is 35.5. The zero-order chi connectivity index (χ0) is 5.98. The molecule has 0 atom stereocenters. The highest BCUT2D eigenvalue weighted by Crippen LogP contribution is 1.88. The summed E-state index contributed by atoms with van der Waals surface area (Å²) in [6.07, 6.45) is 0. The van der Waals surface area contributed by atoms with Gasteiger partial charge in [-0.1, -0.05) is 5.16 Å². The summed E-state index contributed by atoms with van der Waals surface area (Å²) in [6, 6.07) is 0. The van der Waals surface area contributed by atoms with Gasteiger partial charge in [-0.15, -0.1) is 11.6 Å². The number of aromatic nitrogens is 2. The molecule has 0 bridgehead atoms. The lowest BCUT2D eigenvalue weighted by Gasteiger charge is -1.72. The van der Waals surface area contributed by atoms with E-state index in [1.807, 2.05) is 0 Å². The van der Waals surface area contributed by atoms with E-state index in [1.165, 1.54) is 0 Å². The van der Waals surface area contributed by atoms with Crippen LogP contribution in [0, 0.1) is 0 Å². The number of H-pyrrole nitrogens is 1. The van der Waals surface area contributed by atoms with E-state index >= 15 is 0 Å². The van der Waals surface area contributed by atoms with Gasteiger partial charge in [0.2, 0.25) is 0 Å². The maximum atomic E-state index is 10.1. The van der Waals surface area contributed by atoms with Crippen molar-refractivity contribution in [2.24, 2.45) is 0 Å². The van der Waals surface area contributed by atoms with Gasteiger partial charge in [0.15, 0.2) is 5.82 Å². The van der Waals surface area contributed by atoms with Gasteiger partial charge in [0.1, 0.15) is 0 Å². The van der Waals surface area contributed by atoms with Gasteiger partial charge in [0.25, 0.3) is 0 Å². The Morgan fingerprint density at radius 3 is 2.88 bits per heavy atom. The molecule has 0 saturated heterocycles. The maximum absolute atomic E-state index is 10.1. The molecule has 1 aromatic heterocycles. The van der Waals surface area contributed by atoms with Crippen LogP contribution >= 0.6 is 11.6 Å². The number of aromatic amines is 1. The topological polar surface area (TPSA) is 58.9 Å². The minimum atomic E-state index is -0.569. The second kappa shape index (κ2) is 2.00. The summed E-state index contributed by atoms with van der Waals surface area (Å²) in [4.78, 5) is 12.4. The van der Waals surface area contributed by atoms with Crippen molar-refractivity contribution < 1.29 is 4.52 Å². The fourth-order valence-electron chi connectivity index (χ4n) is 0.318. The standard InChI is InChI=1S/C3H3ClN2O2/c4-1-2-5-3(7)8-6-2/h1H2,(H,5,6,7). The van der Waals surface area contributed by atoms with Crippen LogP contribution in [-0.2, 0) is 5.88 Å². The van der Waals surface area contributed by atoms with Crippen molar-refractivity contribution in [2.45, 2.75) is 5.88 Å². The van der Waals surface area contributed by atoms with Crippen molar-refractivity contribution in [1.29, 1.82) is 0 Å². The lowest BCUT2D eigenvalue weighted by atomic mass is 10.7. The minimum absolute atomic E-state index is 0.172. The molecular formula is C3H3ClN2O2. The van der Waals surface area contributed by atoms with Crippen molar-refractivity contribution in [3.63, 3.8) is 0 Å². The minimum Gasteiger partial charge on any atom is -0.296 e. The van der Waals surface area contributed by atoms with E-state index in [1.54, 1.807) is 0 Å². The Balaban J connectivity index is 3.01. The first-order valence-electron chi connectivity index (χ1n) is 1.94. The van der Waals surface area contributed by atoms with Crippen LogP contribution in [0.1, 0.15) is 5.82 Å². The summed E-state index contributed by atoms with van der Waals surface area (Å²) in [5.74, 6) is -0.0385. The molecule has 8 heavy (non-hydrogen) atoms. The van der Waals surface area contributed by atoms with Gasteiger partial charge in [-0.25, -0.2) is 4.79 Å². The molecule has 1 rings (SSSR count). The van der Waals surface area contributed by atoms with Crippen LogP contribution in [0.2, 0.25) is 0 Å². The Kier molecular flexibility index (Phi) is 1.34. The third kappa shape index (κ3) is 0.894. The Morgan fingerprint density at radius 1 is 1.88 bits per heavy atom. The Bertz CT molecular complexity index is 215. The second-order valence-corrected chi connectivity index (χ2v) is 1.44. The summed E-state index contributed by atoms with van der Waals surface area (Å²) >= 11 is 5.25. The fourth-order valence-corrected chi connectivity index (χ4v) is 0.433. The van der Waals surface area contributed by atoms with E-state index < -0.39 is 5.76 Å². The smallest absolute Gasteiger partial charge is 0.296 e. The predicted octanol–water partition coefficient (Wildman–Crippen LogP) is 0.102. The van der Waals surface area contributed by atoms with Crippen LogP contribution < -0.4 is 5.76 Å². The molecule has 0 fully saturated rings. The molecule has 1 N–H and O–H groups in total. The molecule has 44 valence electrons. The fraction of sp³-hybridized carbons (Fsp3) is 0.333. The van der Waals surface area contributed by atoms with Crippen molar-refractivity contribution >= 4 is 11.6 Å². The molecule has 0 radical (unpaired) electrons. The normalized spacial score (nSPS) is 9.62. The van der Waals surface area contributed by atoms with E-state index in [0.29, 0.717) is 5.82 Å². The lowest BCUT2D eigenvalue weighted by Crippen LogP contribution is -1.95. The Labute approximate surface area is 49.4 Å². The van der Waals surface area contributed by atoms with E-state index in [9.17, 15) is 4.79 Å². The molecule has 1 heterocycles. The van der Waals surface area contributed by atoms with Gasteiger partial charge in [-0.2, -0.15) is 0 Å². The Hall–Kier alpha value is -0.770. The second-order valence-electron chi connectivity index (χ2n) is 1.18. The first kappa shape index (κ1) is 5.37. The number of rotatable bonds is 1. The summed E-state index contributed by atoms with van der Waals surface area (Å²) in [5.41, 5.74) is 0. The average molecular weight is 135 g/mol. The number of halogens is 1. The molecule has 4 nitrogen and oxygen atoms in total. The number of nitrogens with one attached hydrogen (secondary N) is 1. The van der Waals surface area contributed by atoms with E-state index in [-0.39, 0.29) is 5.88 Å². The van der Waals surface area contributed by atoms with Gasteiger partial charge < -0.3 is 0 Å². The van der Waals surface area contributed by atoms with Gasteiger partial charge in [0.05, 0.1) is 5.88 Å². The van der Waals surface area contributed by atoms with Gasteiger partial charge in [-0.3, -0.25) is 9.51 Å². The third-order valence-electron chi connectivity index (χ3n) is 0.612. The van der Waals surface area contributed by atoms with Crippen LogP contribution in [0.25, 0.3) is 0 Å². The van der Waals surface area contributed by atoms with Crippen LogP contribution in [-0.4, -0.2) is 10.1 Å². The number of hydrogen-bond acceptors (Lipinski definition) is 3. The third-order valence-corrected chi connectivity index (χ3v) is 0.865. The van der Waals surface area contributed by atoms with Crippen molar-refractivity contribution in [3.05, 3.63) is 16.4 Å². The predicted molar refractivity (Wildman–Crippen MR) is 26.7 cm³/mol. The molecule has 0 aliphatic heterocycles. The molecule has 0 aliphatic carbocycles. The average Bonchev–Trinajstić information content (AvgIpc) is 2.14. The van der Waals surface area contributed by atoms with Gasteiger partial charge in [0, 0.05) is 0 Å². The summed E-state index contributed by atoms with van der Waals surface area (Å²) < 4.78 is 4.11. The number of nitrogens with zero attached hydrogens (tertiary/aromatic N) is 1. The molecule has 0 aromatic carbocycles. The molecule has 0 aliphatic rings. The van der Waals surface area contributed by atoms with Crippen LogP contribution in [0.5, 0.6) is 0 Å². The maximum Gasteiger partial charge on any atom is 0.438 e. The van der Waals surface area contributed by atoms with Crippen LogP contribution in [0.3, 0.4) is 0 Å². The molecule has 1 aromatic rings. The monoisotopic (exact) mass is 134 g/mol. The van der Waals surface area contributed by atoms with Crippen LogP contribution in [0.4, 0.5) is 0 Å². The molecule has 0 amide bonds. The van der Waals surface area contributed by atoms with Crippen molar-refractivity contribution in [2.75, 3.05) is 0 Å². The lowest BCUT2D eigenvalue weighted by molar-refractivity contribution is 0.383. The number of alkyl halides is 1. The first-order valence-corrected chi connectivity index (χ1v) is 2.47. The Morgan fingerprint density at radius 2 is 2.62 bits per heavy atom. The highest BCUT2D eigenvalue weighted by Gasteiger charge is 1.93. The first-order chi connectivity index (χ1) is 3.83. The molecule has 0 spiro atoms. The molecule has 5 heteroatoms. The zero-order valence-corrected chi connectivity index (χ0v) is 4.60. The summed E-state index contributed by atoms with van der Waals surface area (Å²) in [7, 11) is 0. The van der Waals surface area contributed by atoms with Gasteiger partial charge in [-0.05, 0) is 0 Å². The number of hydrogen-bond donors (Lipinski definition) is 1. The SMILES string of the molecule is O=c1[nH]c(CCl)no1. The molecule has 0 saturated carbocycles.